The second kappa shape index (κ2) is 6.34. The Morgan fingerprint density at radius 3 is 3.00 bits per heavy atom. The first kappa shape index (κ1) is 15.3. The zero-order valence-electron chi connectivity index (χ0n) is 13.8. The Labute approximate surface area is 141 Å². The van der Waals surface area contributed by atoms with Gasteiger partial charge in [-0.25, -0.2) is 0 Å². The molecule has 124 valence electrons. The number of rotatable bonds is 4. The number of nitrogens with zero attached hydrogens (tertiary/aromatic N) is 3. The van der Waals surface area contributed by atoms with E-state index in [4.69, 9.17) is 0 Å². The molecule has 0 radical (unpaired) electrons. The Hall–Kier alpha value is -2.24. The average Bonchev–Trinajstić information content (AvgIpc) is 3.13. The van der Waals surface area contributed by atoms with Crippen LogP contribution in [0.5, 0.6) is 0 Å². The number of β-amino-alcohol motifs (C(OH)–C–C–N with tert-alkyl or cyclic N) is 1. The fourth-order valence-electron chi connectivity index (χ4n) is 3.60. The lowest BCUT2D eigenvalue weighted by molar-refractivity contribution is 0.140. The smallest absolute Gasteiger partial charge is 0.0711 e. The van der Waals surface area contributed by atoms with Gasteiger partial charge in [-0.05, 0) is 43.2 Å². The molecule has 2 N–H and O–H groups in total. The standard InChI is InChI=1S/C19H22N4O/c1-13-7-17(22-21-13)9-16-11-23(12-19(16)24)10-14-4-5-18-15(8-14)3-2-6-20-18/h2-8,16,19,24H,9-12H2,1H3,(H,21,22). The van der Waals surface area contributed by atoms with Crippen molar-refractivity contribution in [1.82, 2.24) is 20.1 Å². The molecule has 0 amide bonds. The first-order valence-corrected chi connectivity index (χ1v) is 8.42. The van der Waals surface area contributed by atoms with Gasteiger partial charge in [-0.2, -0.15) is 5.10 Å². The van der Waals surface area contributed by atoms with Crippen LogP contribution in [0.1, 0.15) is 17.0 Å². The minimum atomic E-state index is -0.288. The lowest BCUT2D eigenvalue weighted by Crippen LogP contribution is -2.21. The van der Waals surface area contributed by atoms with Crippen molar-refractivity contribution in [2.45, 2.75) is 26.0 Å². The van der Waals surface area contributed by atoms with Crippen molar-refractivity contribution >= 4 is 10.9 Å². The van der Waals surface area contributed by atoms with E-state index in [2.05, 4.69) is 50.4 Å². The topological polar surface area (TPSA) is 65.0 Å². The largest absolute Gasteiger partial charge is 0.391 e. The number of aromatic amines is 1. The minimum Gasteiger partial charge on any atom is -0.391 e. The van der Waals surface area contributed by atoms with Crippen LogP contribution in [0.2, 0.25) is 0 Å². The molecule has 5 nitrogen and oxygen atoms in total. The van der Waals surface area contributed by atoms with Gasteiger partial charge in [0.15, 0.2) is 0 Å². The molecule has 5 heteroatoms. The van der Waals surface area contributed by atoms with Gasteiger partial charge in [0.05, 0.1) is 17.3 Å². The molecule has 0 saturated carbocycles. The number of aromatic nitrogens is 3. The third-order valence-electron chi connectivity index (χ3n) is 4.79. The zero-order chi connectivity index (χ0) is 16.5. The molecule has 1 aliphatic rings. The quantitative estimate of drug-likeness (QED) is 0.773. The molecule has 24 heavy (non-hydrogen) atoms. The molecule has 3 aromatic rings. The number of aliphatic hydroxyl groups excluding tert-OH is 1. The second-order valence-electron chi connectivity index (χ2n) is 6.80. The van der Waals surface area contributed by atoms with Crippen LogP contribution in [0.4, 0.5) is 0 Å². The number of nitrogens with one attached hydrogen (secondary N) is 1. The summed E-state index contributed by atoms with van der Waals surface area (Å²) in [4.78, 5) is 6.69. The van der Waals surface area contributed by atoms with Gasteiger partial charge in [0.2, 0.25) is 0 Å². The normalized spacial score (nSPS) is 21.6. The number of hydrogen-bond donors (Lipinski definition) is 2. The van der Waals surface area contributed by atoms with Gasteiger partial charge in [0.25, 0.3) is 0 Å². The molecule has 0 aliphatic carbocycles. The summed E-state index contributed by atoms with van der Waals surface area (Å²) < 4.78 is 0. The molecule has 0 bridgehead atoms. The van der Waals surface area contributed by atoms with Gasteiger partial charge in [0, 0.05) is 42.8 Å². The van der Waals surface area contributed by atoms with E-state index >= 15 is 0 Å². The third-order valence-corrected chi connectivity index (χ3v) is 4.79. The van der Waals surface area contributed by atoms with E-state index in [0.717, 1.165) is 43.0 Å². The number of aryl methyl sites for hydroxylation is 1. The maximum absolute atomic E-state index is 10.4. The van der Waals surface area contributed by atoms with Gasteiger partial charge in [0.1, 0.15) is 0 Å². The SMILES string of the molecule is Cc1cc(CC2CN(Cc3ccc4ncccc4c3)CC2O)n[nH]1. The van der Waals surface area contributed by atoms with E-state index in [0.29, 0.717) is 0 Å². The van der Waals surface area contributed by atoms with Crippen molar-refractivity contribution in [1.29, 1.82) is 0 Å². The van der Waals surface area contributed by atoms with Crippen LogP contribution in [-0.4, -0.2) is 44.4 Å². The van der Waals surface area contributed by atoms with Crippen LogP contribution in [0.25, 0.3) is 10.9 Å². The summed E-state index contributed by atoms with van der Waals surface area (Å²) in [5.74, 6) is 0.245. The first-order valence-electron chi connectivity index (χ1n) is 8.42. The molecule has 1 fully saturated rings. The molecule has 2 unspecified atom stereocenters. The molecule has 0 spiro atoms. The summed E-state index contributed by atoms with van der Waals surface area (Å²) >= 11 is 0. The predicted molar refractivity (Wildman–Crippen MR) is 93.5 cm³/mol. The molecule has 1 saturated heterocycles. The molecule has 3 heterocycles. The van der Waals surface area contributed by atoms with E-state index in [1.165, 1.54) is 10.9 Å². The molecule has 4 rings (SSSR count). The lowest BCUT2D eigenvalue weighted by Gasteiger charge is -2.15. The van der Waals surface area contributed by atoms with Crippen LogP contribution in [0.3, 0.4) is 0 Å². The number of benzene rings is 1. The summed E-state index contributed by atoms with van der Waals surface area (Å²) in [6.07, 6.45) is 2.35. The van der Waals surface area contributed by atoms with Gasteiger partial charge in [-0.15, -0.1) is 0 Å². The lowest BCUT2D eigenvalue weighted by atomic mass is 10.0. The molecular weight excluding hydrogens is 300 g/mol. The molecular formula is C19H22N4O. The summed E-state index contributed by atoms with van der Waals surface area (Å²) in [6.45, 7) is 4.48. The minimum absolute atomic E-state index is 0.245. The highest BCUT2D eigenvalue weighted by atomic mass is 16.3. The van der Waals surface area contributed by atoms with Gasteiger partial charge >= 0.3 is 0 Å². The summed E-state index contributed by atoms with van der Waals surface area (Å²) in [5, 5.41) is 18.8. The number of fused-ring (bicyclic) bond motifs is 1. The third kappa shape index (κ3) is 3.18. The maximum atomic E-state index is 10.4. The average molecular weight is 322 g/mol. The highest BCUT2D eigenvalue weighted by molar-refractivity contribution is 5.78. The van der Waals surface area contributed by atoms with Crippen molar-refractivity contribution in [2.75, 3.05) is 13.1 Å². The Kier molecular flexibility index (Phi) is 4.04. The Bertz CT molecular complexity index is 844. The van der Waals surface area contributed by atoms with Crippen molar-refractivity contribution in [3.05, 3.63) is 59.5 Å². The van der Waals surface area contributed by atoms with Crippen LogP contribution in [0.15, 0.2) is 42.6 Å². The zero-order valence-corrected chi connectivity index (χ0v) is 13.8. The number of aliphatic hydroxyl groups is 1. The van der Waals surface area contributed by atoms with Crippen molar-refractivity contribution in [3.8, 4) is 0 Å². The fraction of sp³-hybridized carbons (Fsp3) is 0.368. The van der Waals surface area contributed by atoms with E-state index in [1.54, 1.807) is 0 Å². The molecule has 2 aromatic heterocycles. The Morgan fingerprint density at radius 1 is 1.25 bits per heavy atom. The van der Waals surface area contributed by atoms with Crippen LogP contribution < -0.4 is 0 Å². The van der Waals surface area contributed by atoms with Crippen LogP contribution >= 0.6 is 0 Å². The molecule has 2 atom stereocenters. The summed E-state index contributed by atoms with van der Waals surface area (Å²) in [7, 11) is 0. The number of hydrogen-bond acceptors (Lipinski definition) is 4. The summed E-state index contributed by atoms with van der Waals surface area (Å²) in [5.41, 5.74) is 4.39. The summed E-state index contributed by atoms with van der Waals surface area (Å²) in [6, 6.07) is 12.5. The van der Waals surface area contributed by atoms with Gasteiger partial charge in [-0.1, -0.05) is 12.1 Å². The highest BCUT2D eigenvalue weighted by Gasteiger charge is 2.31. The van der Waals surface area contributed by atoms with Crippen LogP contribution in [0, 0.1) is 12.8 Å². The predicted octanol–water partition coefficient (Wildman–Crippen LogP) is 2.30. The number of H-pyrrole nitrogens is 1. The van der Waals surface area contributed by atoms with E-state index in [-0.39, 0.29) is 12.0 Å². The van der Waals surface area contributed by atoms with Crippen LogP contribution in [-0.2, 0) is 13.0 Å². The van der Waals surface area contributed by atoms with Crippen molar-refractivity contribution in [3.63, 3.8) is 0 Å². The van der Waals surface area contributed by atoms with Crippen molar-refractivity contribution in [2.24, 2.45) is 5.92 Å². The Morgan fingerprint density at radius 2 is 2.17 bits per heavy atom. The number of likely N-dealkylation sites (tertiary alicyclic amines) is 1. The van der Waals surface area contributed by atoms with E-state index < -0.39 is 0 Å². The van der Waals surface area contributed by atoms with Gasteiger partial charge in [-0.3, -0.25) is 15.0 Å². The molecule has 1 aromatic carbocycles. The van der Waals surface area contributed by atoms with E-state index in [9.17, 15) is 5.11 Å². The van der Waals surface area contributed by atoms with Crippen molar-refractivity contribution < 1.29 is 5.11 Å². The highest BCUT2D eigenvalue weighted by Crippen LogP contribution is 2.23. The van der Waals surface area contributed by atoms with E-state index in [1.807, 2.05) is 19.2 Å². The maximum Gasteiger partial charge on any atom is 0.0711 e. The first-order chi connectivity index (χ1) is 11.7. The monoisotopic (exact) mass is 322 g/mol. The molecule has 1 aliphatic heterocycles. The fourth-order valence-corrected chi connectivity index (χ4v) is 3.60. The second-order valence-corrected chi connectivity index (χ2v) is 6.80. The van der Waals surface area contributed by atoms with Gasteiger partial charge < -0.3 is 5.11 Å². The Balaban J connectivity index is 1.43. The number of pyridine rings is 1.